The van der Waals surface area contributed by atoms with Crippen LogP contribution in [-0.2, 0) is 14.4 Å². The van der Waals surface area contributed by atoms with Gasteiger partial charge in [0.15, 0.2) is 6.61 Å². The molecule has 5 amide bonds. The van der Waals surface area contributed by atoms with Crippen molar-refractivity contribution in [1.82, 2.24) is 15.5 Å². The van der Waals surface area contributed by atoms with Gasteiger partial charge in [-0.2, -0.15) is 0 Å². The minimum atomic E-state index is -1.06. The number of rotatable bonds is 10. The monoisotopic (exact) mass is 503 g/mol. The van der Waals surface area contributed by atoms with Crippen molar-refractivity contribution in [2.45, 2.75) is 59.4 Å². The van der Waals surface area contributed by atoms with Gasteiger partial charge < -0.3 is 10.1 Å². The van der Waals surface area contributed by atoms with Gasteiger partial charge >= 0.3 is 0 Å². The number of hydrogen-bond acceptors (Lipinski definition) is 6. The summed E-state index contributed by atoms with van der Waals surface area (Å²) in [5, 5.41) is 5.02. The second-order valence-electron chi connectivity index (χ2n) is 10.7. The fourth-order valence-electron chi connectivity index (χ4n) is 4.79. The van der Waals surface area contributed by atoms with Gasteiger partial charge in [-0.25, -0.2) is 0 Å². The molecular weight excluding hydrogens is 469 g/mol. The van der Waals surface area contributed by atoms with Crippen LogP contribution < -0.4 is 15.4 Å². The SMILES string of the molecule is CC(C)(CP)CC(C)(C)CCNC(=O)COc1cccc2c1C(=O)N(C1CCC(=O)NC1=O)C2=O. The summed E-state index contributed by atoms with van der Waals surface area (Å²) < 4.78 is 5.62. The van der Waals surface area contributed by atoms with E-state index in [4.69, 9.17) is 4.74 Å². The van der Waals surface area contributed by atoms with Gasteiger partial charge in [0.2, 0.25) is 11.8 Å². The zero-order valence-corrected chi connectivity index (χ0v) is 21.9. The van der Waals surface area contributed by atoms with Crippen LogP contribution in [0.25, 0.3) is 0 Å². The highest BCUT2D eigenvalue weighted by atomic mass is 31.0. The van der Waals surface area contributed by atoms with Crippen molar-refractivity contribution in [2.24, 2.45) is 10.8 Å². The Balaban J connectivity index is 1.60. The number of hydrogen-bond donors (Lipinski definition) is 2. The Morgan fingerprint density at radius 2 is 1.86 bits per heavy atom. The zero-order valence-electron chi connectivity index (χ0n) is 20.7. The molecule has 0 radical (unpaired) electrons. The van der Waals surface area contributed by atoms with Crippen LogP contribution in [-0.4, -0.2) is 59.8 Å². The molecule has 1 aromatic rings. The summed E-state index contributed by atoms with van der Waals surface area (Å²) in [7, 11) is 2.79. The second kappa shape index (κ2) is 10.4. The van der Waals surface area contributed by atoms with Crippen LogP contribution in [0.5, 0.6) is 5.75 Å². The molecule has 2 heterocycles. The van der Waals surface area contributed by atoms with Crippen molar-refractivity contribution in [3.8, 4) is 5.75 Å². The third kappa shape index (κ3) is 6.26. The maximum Gasteiger partial charge on any atom is 0.266 e. The average Bonchev–Trinajstić information content (AvgIpc) is 3.02. The first kappa shape index (κ1) is 26.8. The lowest BCUT2D eigenvalue weighted by atomic mass is 9.74. The van der Waals surface area contributed by atoms with Crippen molar-refractivity contribution in [2.75, 3.05) is 19.3 Å². The molecule has 0 bridgehead atoms. The number of benzene rings is 1. The van der Waals surface area contributed by atoms with Crippen LogP contribution in [0.15, 0.2) is 18.2 Å². The molecule has 9 nitrogen and oxygen atoms in total. The molecule has 0 saturated carbocycles. The Kier molecular flexibility index (Phi) is 8.00. The Bertz CT molecular complexity index is 1050. The Hall–Kier alpha value is -2.80. The highest BCUT2D eigenvalue weighted by molar-refractivity contribution is 7.16. The number of carbonyl (C=O) groups is 5. The van der Waals surface area contributed by atoms with Gasteiger partial charge in [0, 0.05) is 13.0 Å². The van der Waals surface area contributed by atoms with Crippen LogP contribution in [0.3, 0.4) is 0 Å². The third-order valence-corrected chi connectivity index (χ3v) is 7.53. The predicted molar refractivity (Wildman–Crippen MR) is 133 cm³/mol. The molecule has 2 N–H and O–H groups in total. The Labute approximate surface area is 207 Å². The van der Waals surface area contributed by atoms with Gasteiger partial charge in [0.25, 0.3) is 17.7 Å². The van der Waals surface area contributed by atoms with Crippen molar-refractivity contribution in [1.29, 1.82) is 0 Å². The van der Waals surface area contributed by atoms with Crippen molar-refractivity contribution in [3.05, 3.63) is 29.3 Å². The van der Waals surface area contributed by atoms with E-state index in [9.17, 15) is 24.0 Å². The summed E-state index contributed by atoms with van der Waals surface area (Å²) in [6, 6.07) is 3.49. The van der Waals surface area contributed by atoms with E-state index in [1.54, 1.807) is 6.07 Å². The summed E-state index contributed by atoms with van der Waals surface area (Å²) in [6.07, 6.45) is 2.94. The zero-order chi connectivity index (χ0) is 26.0. The lowest BCUT2D eigenvalue weighted by molar-refractivity contribution is -0.136. The first-order valence-corrected chi connectivity index (χ1v) is 12.6. The molecule has 2 aliphatic heterocycles. The van der Waals surface area contributed by atoms with Crippen LogP contribution in [0.1, 0.15) is 74.1 Å². The summed E-state index contributed by atoms with van der Waals surface area (Å²) in [6.45, 7) is 8.99. The molecule has 190 valence electrons. The molecule has 0 aromatic heterocycles. The Morgan fingerprint density at radius 1 is 1.14 bits per heavy atom. The lowest BCUT2D eigenvalue weighted by Crippen LogP contribution is -2.54. The number of fused-ring (bicyclic) bond motifs is 1. The molecule has 1 aromatic carbocycles. The van der Waals surface area contributed by atoms with Gasteiger partial charge in [0.05, 0.1) is 11.1 Å². The number of imide groups is 2. The molecular formula is C25H34N3O6P. The summed E-state index contributed by atoms with van der Waals surface area (Å²) in [5.74, 6) is -2.63. The van der Waals surface area contributed by atoms with E-state index in [1.807, 2.05) is 0 Å². The van der Waals surface area contributed by atoms with Crippen LogP contribution in [0.2, 0.25) is 0 Å². The minimum absolute atomic E-state index is 0.0239. The molecule has 0 aliphatic carbocycles. The van der Waals surface area contributed by atoms with Crippen molar-refractivity contribution in [3.63, 3.8) is 0 Å². The number of amides is 5. The number of nitrogens with zero attached hydrogens (tertiary/aromatic N) is 1. The quantitative estimate of drug-likeness (QED) is 0.373. The summed E-state index contributed by atoms with van der Waals surface area (Å²) in [4.78, 5) is 62.9. The predicted octanol–water partition coefficient (Wildman–Crippen LogP) is 2.29. The summed E-state index contributed by atoms with van der Waals surface area (Å²) in [5.41, 5.74) is 0.383. The molecule has 0 spiro atoms. The fourth-order valence-corrected chi connectivity index (χ4v) is 4.94. The van der Waals surface area contributed by atoms with E-state index in [0.717, 1.165) is 23.9 Å². The number of carbonyl (C=O) groups excluding carboxylic acids is 5. The summed E-state index contributed by atoms with van der Waals surface area (Å²) >= 11 is 0. The van der Waals surface area contributed by atoms with Gasteiger partial charge in [-0.15, -0.1) is 9.24 Å². The highest BCUT2D eigenvalue weighted by Gasteiger charge is 2.46. The smallest absolute Gasteiger partial charge is 0.266 e. The van der Waals surface area contributed by atoms with E-state index in [0.29, 0.717) is 6.54 Å². The van der Waals surface area contributed by atoms with Gasteiger partial charge in [-0.3, -0.25) is 34.2 Å². The third-order valence-electron chi connectivity index (χ3n) is 6.42. The normalized spacial score (nSPS) is 18.4. The maximum absolute atomic E-state index is 13.1. The van der Waals surface area contributed by atoms with Crippen molar-refractivity contribution >= 4 is 38.8 Å². The largest absolute Gasteiger partial charge is 0.483 e. The topological polar surface area (TPSA) is 122 Å². The molecule has 10 heteroatoms. The molecule has 35 heavy (non-hydrogen) atoms. The standard InChI is InChI=1S/C25H34N3O6P/c1-24(2,13-25(3,4)14-35)10-11-26-19(30)12-34-17-7-5-6-15-20(17)23(33)28(22(15)32)16-8-9-18(29)27-21(16)31/h5-7,16H,8-14,35H2,1-4H3,(H,26,30)(H,27,29,31). The average molecular weight is 504 g/mol. The number of ether oxygens (including phenoxy) is 1. The molecule has 2 atom stereocenters. The number of nitrogens with one attached hydrogen (secondary N) is 2. The van der Waals surface area contributed by atoms with Gasteiger partial charge in [0.1, 0.15) is 11.8 Å². The lowest BCUT2D eigenvalue weighted by Gasteiger charge is -2.34. The van der Waals surface area contributed by atoms with E-state index in [1.165, 1.54) is 12.1 Å². The van der Waals surface area contributed by atoms with E-state index in [2.05, 4.69) is 47.6 Å². The number of piperidine rings is 1. The minimum Gasteiger partial charge on any atom is -0.483 e. The van der Waals surface area contributed by atoms with Gasteiger partial charge in [-0.1, -0.05) is 33.8 Å². The van der Waals surface area contributed by atoms with Crippen LogP contribution >= 0.6 is 9.24 Å². The van der Waals surface area contributed by atoms with E-state index < -0.39 is 29.7 Å². The first-order chi connectivity index (χ1) is 16.3. The van der Waals surface area contributed by atoms with Gasteiger partial charge in [-0.05, 0) is 48.4 Å². The van der Waals surface area contributed by atoms with E-state index in [-0.39, 0.29) is 53.1 Å². The highest BCUT2D eigenvalue weighted by Crippen LogP contribution is 2.37. The first-order valence-electron chi connectivity index (χ1n) is 11.8. The maximum atomic E-state index is 13.1. The molecule has 1 saturated heterocycles. The fraction of sp³-hybridized carbons (Fsp3) is 0.560. The molecule has 1 fully saturated rings. The second-order valence-corrected chi connectivity index (χ2v) is 11.1. The molecule has 2 aliphatic rings. The van der Waals surface area contributed by atoms with Crippen LogP contribution in [0.4, 0.5) is 0 Å². The molecule has 3 rings (SSSR count). The van der Waals surface area contributed by atoms with E-state index >= 15 is 0 Å². The van der Waals surface area contributed by atoms with Crippen molar-refractivity contribution < 1.29 is 28.7 Å². The van der Waals surface area contributed by atoms with Crippen LogP contribution in [0, 0.1) is 10.8 Å². The Morgan fingerprint density at radius 3 is 2.51 bits per heavy atom. The molecule has 2 unspecified atom stereocenters.